The van der Waals surface area contributed by atoms with Crippen LogP contribution in [0.4, 0.5) is 0 Å². The number of rotatable bonds is 6. The fourth-order valence-corrected chi connectivity index (χ4v) is 2.48. The molecule has 0 saturated carbocycles. The minimum Gasteiger partial charge on any atom is -0.496 e. The first-order chi connectivity index (χ1) is 10.7. The van der Waals surface area contributed by atoms with E-state index < -0.39 is 0 Å². The van der Waals surface area contributed by atoms with E-state index in [1.165, 1.54) is 18.0 Å². The number of hydrogen-bond donors (Lipinski definition) is 1. The van der Waals surface area contributed by atoms with Gasteiger partial charge in [-0.3, -0.25) is 4.79 Å². The average molecular weight is 381 g/mol. The van der Waals surface area contributed by atoms with E-state index in [9.17, 15) is 4.79 Å². The smallest absolute Gasteiger partial charge is 0.250 e. The van der Waals surface area contributed by atoms with Crippen molar-refractivity contribution in [2.75, 3.05) is 12.9 Å². The Morgan fingerprint density at radius 1 is 1.45 bits per heavy atom. The topological polar surface area (TPSA) is 76.5 Å². The number of hydrogen-bond acceptors (Lipinski definition) is 6. The van der Waals surface area contributed by atoms with Gasteiger partial charge in [-0.15, -0.1) is 0 Å². The number of benzene rings is 1. The van der Waals surface area contributed by atoms with Crippen LogP contribution < -0.4 is 10.2 Å². The molecule has 1 aromatic heterocycles. The Bertz CT molecular complexity index is 667. The van der Waals surface area contributed by atoms with E-state index in [1.54, 1.807) is 25.6 Å². The Morgan fingerprint density at radius 2 is 2.23 bits per heavy atom. The van der Waals surface area contributed by atoms with E-state index >= 15 is 0 Å². The Morgan fingerprint density at radius 3 is 2.95 bits per heavy atom. The van der Waals surface area contributed by atoms with E-state index in [0.29, 0.717) is 10.9 Å². The van der Waals surface area contributed by atoms with Gasteiger partial charge < -0.3 is 4.74 Å². The van der Waals surface area contributed by atoms with E-state index in [2.05, 4.69) is 36.4 Å². The van der Waals surface area contributed by atoms with E-state index in [1.807, 2.05) is 18.2 Å². The number of thioether (sulfide) groups is 1. The molecule has 0 fully saturated rings. The van der Waals surface area contributed by atoms with Gasteiger partial charge in [0.1, 0.15) is 5.75 Å². The first-order valence-corrected chi connectivity index (χ1v) is 8.02. The first kappa shape index (κ1) is 16.4. The van der Waals surface area contributed by atoms with Crippen molar-refractivity contribution in [2.45, 2.75) is 5.16 Å². The van der Waals surface area contributed by atoms with Crippen LogP contribution in [0.2, 0.25) is 0 Å². The Hall–Kier alpha value is -1.93. The van der Waals surface area contributed by atoms with Gasteiger partial charge in [0.15, 0.2) is 5.16 Å². The van der Waals surface area contributed by atoms with Crippen molar-refractivity contribution in [3.8, 4) is 5.75 Å². The molecule has 22 heavy (non-hydrogen) atoms. The van der Waals surface area contributed by atoms with Gasteiger partial charge in [-0.1, -0.05) is 27.7 Å². The number of halogens is 1. The summed E-state index contributed by atoms with van der Waals surface area (Å²) in [5, 5.41) is 4.48. The molecule has 0 atom stereocenters. The molecule has 6 nitrogen and oxygen atoms in total. The lowest BCUT2D eigenvalue weighted by Gasteiger charge is -2.04. The SMILES string of the molecule is COc1ccc(Br)cc1/C=N\NC(=O)CSc1ncccn1. The largest absolute Gasteiger partial charge is 0.496 e. The van der Waals surface area contributed by atoms with Gasteiger partial charge >= 0.3 is 0 Å². The molecule has 1 aromatic carbocycles. The summed E-state index contributed by atoms with van der Waals surface area (Å²) in [6.07, 6.45) is 4.79. The van der Waals surface area contributed by atoms with E-state index in [-0.39, 0.29) is 11.7 Å². The summed E-state index contributed by atoms with van der Waals surface area (Å²) < 4.78 is 6.12. The molecule has 0 saturated heterocycles. The predicted octanol–water partition coefficient (Wildman–Crippen LogP) is 2.49. The van der Waals surface area contributed by atoms with Crippen LogP contribution in [-0.2, 0) is 4.79 Å². The highest BCUT2D eigenvalue weighted by molar-refractivity contribution is 9.10. The highest BCUT2D eigenvalue weighted by Gasteiger charge is 2.04. The highest BCUT2D eigenvalue weighted by atomic mass is 79.9. The number of hydrazone groups is 1. The summed E-state index contributed by atoms with van der Waals surface area (Å²) in [6, 6.07) is 7.25. The molecule has 0 radical (unpaired) electrons. The molecule has 8 heteroatoms. The molecule has 0 aliphatic heterocycles. The zero-order chi connectivity index (χ0) is 15.8. The van der Waals surface area contributed by atoms with Crippen LogP contribution >= 0.6 is 27.7 Å². The van der Waals surface area contributed by atoms with Crippen molar-refractivity contribution in [3.63, 3.8) is 0 Å². The van der Waals surface area contributed by atoms with Crippen molar-refractivity contribution in [3.05, 3.63) is 46.7 Å². The first-order valence-electron chi connectivity index (χ1n) is 6.24. The third-order valence-corrected chi connectivity index (χ3v) is 3.83. The lowest BCUT2D eigenvalue weighted by molar-refractivity contribution is -0.118. The lowest BCUT2D eigenvalue weighted by atomic mass is 10.2. The Balaban J connectivity index is 1.87. The van der Waals surface area contributed by atoms with Crippen molar-refractivity contribution < 1.29 is 9.53 Å². The van der Waals surface area contributed by atoms with Crippen molar-refractivity contribution >= 4 is 39.8 Å². The fraction of sp³-hybridized carbons (Fsp3) is 0.143. The molecule has 0 spiro atoms. The lowest BCUT2D eigenvalue weighted by Crippen LogP contribution is -2.19. The van der Waals surface area contributed by atoms with Crippen molar-refractivity contribution in [1.82, 2.24) is 15.4 Å². The molecule has 1 N–H and O–H groups in total. The number of nitrogens with zero attached hydrogens (tertiary/aromatic N) is 3. The third kappa shape index (κ3) is 5.12. The second-order valence-electron chi connectivity index (χ2n) is 4.00. The quantitative estimate of drug-likeness (QED) is 0.360. The monoisotopic (exact) mass is 380 g/mol. The van der Waals surface area contributed by atoms with Crippen LogP contribution in [0.25, 0.3) is 0 Å². The van der Waals surface area contributed by atoms with Crippen LogP contribution in [-0.4, -0.2) is 35.0 Å². The summed E-state index contributed by atoms with van der Waals surface area (Å²) >= 11 is 4.62. The van der Waals surface area contributed by atoms with Gasteiger partial charge in [-0.2, -0.15) is 5.10 Å². The number of amides is 1. The minimum atomic E-state index is -0.234. The zero-order valence-electron chi connectivity index (χ0n) is 11.7. The average Bonchev–Trinajstić information content (AvgIpc) is 2.54. The number of ether oxygens (including phenoxy) is 1. The number of carbonyl (C=O) groups is 1. The molecule has 1 heterocycles. The molecule has 1 amide bonds. The van der Waals surface area contributed by atoms with Crippen LogP contribution in [0, 0.1) is 0 Å². The van der Waals surface area contributed by atoms with Crippen molar-refractivity contribution in [2.24, 2.45) is 5.10 Å². The van der Waals surface area contributed by atoms with E-state index in [0.717, 1.165) is 10.0 Å². The second kappa shape index (κ2) is 8.50. The highest BCUT2D eigenvalue weighted by Crippen LogP contribution is 2.21. The Kier molecular flexibility index (Phi) is 6.35. The summed E-state index contributed by atoms with van der Waals surface area (Å²) in [4.78, 5) is 19.7. The number of aromatic nitrogens is 2. The normalized spacial score (nSPS) is 10.6. The fourth-order valence-electron chi connectivity index (χ4n) is 1.50. The summed E-state index contributed by atoms with van der Waals surface area (Å²) in [7, 11) is 1.58. The number of methoxy groups -OCH3 is 1. The molecular weight excluding hydrogens is 368 g/mol. The molecule has 2 aromatic rings. The maximum absolute atomic E-state index is 11.7. The van der Waals surface area contributed by atoms with Gasteiger partial charge in [-0.05, 0) is 24.3 Å². The van der Waals surface area contributed by atoms with Crippen molar-refractivity contribution in [1.29, 1.82) is 0 Å². The summed E-state index contributed by atoms with van der Waals surface area (Å²) in [6.45, 7) is 0. The van der Waals surface area contributed by atoms with Gasteiger partial charge in [0.2, 0.25) is 0 Å². The number of carbonyl (C=O) groups excluding carboxylic acids is 1. The Labute approximate surface area is 140 Å². The molecule has 0 aliphatic rings. The van der Waals surface area contributed by atoms with Crippen LogP contribution in [0.3, 0.4) is 0 Å². The standard InChI is InChI=1S/C14H13BrN4O2S/c1-21-12-4-3-11(15)7-10(12)8-18-19-13(20)9-22-14-16-5-2-6-17-14/h2-8H,9H2,1H3,(H,19,20)/b18-8-. The second-order valence-corrected chi connectivity index (χ2v) is 5.86. The molecule has 0 unspecified atom stereocenters. The zero-order valence-corrected chi connectivity index (χ0v) is 14.1. The van der Waals surface area contributed by atoms with Gasteiger partial charge in [0.25, 0.3) is 5.91 Å². The molecule has 114 valence electrons. The van der Waals surface area contributed by atoms with Crippen LogP contribution in [0.15, 0.2) is 51.4 Å². The van der Waals surface area contributed by atoms with Gasteiger partial charge in [-0.25, -0.2) is 15.4 Å². The molecule has 0 bridgehead atoms. The minimum absolute atomic E-state index is 0.191. The number of nitrogens with one attached hydrogen (secondary N) is 1. The maximum Gasteiger partial charge on any atom is 0.250 e. The van der Waals surface area contributed by atoms with Gasteiger partial charge in [0, 0.05) is 22.4 Å². The third-order valence-electron chi connectivity index (χ3n) is 2.46. The van der Waals surface area contributed by atoms with Gasteiger partial charge in [0.05, 0.1) is 19.1 Å². The molecule has 2 rings (SSSR count). The predicted molar refractivity (Wildman–Crippen MR) is 89.2 cm³/mol. The molecular formula is C14H13BrN4O2S. The molecule has 0 aliphatic carbocycles. The van der Waals surface area contributed by atoms with Crippen LogP contribution in [0.1, 0.15) is 5.56 Å². The van der Waals surface area contributed by atoms with E-state index in [4.69, 9.17) is 4.74 Å². The van der Waals surface area contributed by atoms with Crippen LogP contribution in [0.5, 0.6) is 5.75 Å². The summed E-state index contributed by atoms with van der Waals surface area (Å²) in [5.41, 5.74) is 3.22. The maximum atomic E-state index is 11.7. The summed E-state index contributed by atoms with van der Waals surface area (Å²) in [5.74, 6) is 0.632.